The van der Waals surface area contributed by atoms with Gasteiger partial charge >= 0.3 is 0 Å². The molecule has 5 rings (SSSR count). The maximum Gasteiger partial charge on any atom is 0.241 e. The summed E-state index contributed by atoms with van der Waals surface area (Å²) in [6.07, 6.45) is 3.49. The molecular formula is C32H43N5O7S. The lowest BCUT2D eigenvalue weighted by Crippen LogP contribution is -2.47. The third-order valence-corrected chi connectivity index (χ3v) is 9.85. The molecule has 2 aliphatic rings. The molecule has 1 amide bonds. The van der Waals surface area contributed by atoms with E-state index in [0.29, 0.717) is 49.8 Å². The molecule has 1 aromatic heterocycles. The smallest absolute Gasteiger partial charge is 0.241 e. The van der Waals surface area contributed by atoms with Crippen molar-refractivity contribution in [3.05, 3.63) is 59.9 Å². The maximum atomic E-state index is 14.0. The number of ether oxygens (including phenoxy) is 4. The van der Waals surface area contributed by atoms with Gasteiger partial charge in [0.15, 0.2) is 17.8 Å². The number of carbonyl (C=O) groups is 1. The van der Waals surface area contributed by atoms with Crippen LogP contribution < -0.4 is 9.47 Å². The lowest BCUT2D eigenvalue weighted by Gasteiger charge is -2.30. The van der Waals surface area contributed by atoms with Crippen LogP contribution in [0.2, 0.25) is 0 Å². The number of benzene rings is 2. The van der Waals surface area contributed by atoms with E-state index in [4.69, 9.17) is 18.9 Å². The molecule has 2 aliphatic heterocycles. The summed E-state index contributed by atoms with van der Waals surface area (Å²) in [4.78, 5) is 15.6. The van der Waals surface area contributed by atoms with E-state index in [1.54, 1.807) is 30.0 Å². The molecule has 12 nitrogen and oxygen atoms in total. The number of methoxy groups -OCH3 is 2. The van der Waals surface area contributed by atoms with Crippen LogP contribution in [0.5, 0.6) is 11.5 Å². The molecule has 0 spiro atoms. The summed E-state index contributed by atoms with van der Waals surface area (Å²) < 4.78 is 52.4. The fraction of sp³-hybridized carbons (Fsp3) is 0.531. The van der Waals surface area contributed by atoms with Gasteiger partial charge in [-0.05, 0) is 47.6 Å². The molecule has 3 heterocycles. The van der Waals surface area contributed by atoms with Gasteiger partial charge in [-0.2, -0.15) is 4.31 Å². The zero-order chi connectivity index (χ0) is 32.0. The number of hydrogen-bond donors (Lipinski definition) is 0. The molecule has 1 atom stereocenters. The minimum absolute atomic E-state index is 0.0844. The summed E-state index contributed by atoms with van der Waals surface area (Å²) >= 11 is 0. The minimum Gasteiger partial charge on any atom is -0.493 e. The van der Waals surface area contributed by atoms with Gasteiger partial charge in [-0.15, -0.1) is 5.10 Å². The molecule has 0 radical (unpaired) electrons. The molecule has 45 heavy (non-hydrogen) atoms. The van der Waals surface area contributed by atoms with E-state index < -0.39 is 16.1 Å². The van der Waals surface area contributed by atoms with Crippen molar-refractivity contribution in [2.75, 3.05) is 39.7 Å². The van der Waals surface area contributed by atoms with E-state index in [9.17, 15) is 13.2 Å². The molecule has 2 saturated heterocycles. The lowest BCUT2D eigenvalue weighted by atomic mass is 10.0. The fourth-order valence-electron chi connectivity index (χ4n) is 5.67. The van der Waals surface area contributed by atoms with Gasteiger partial charge in [-0.25, -0.2) is 8.42 Å². The number of nitrogens with zero attached hydrogens (tertiary/aromatic N) is 5. The highest BCUT2D eigenvalue weighted by molar-refractivity contribution is 7.89. The molecule has 3 aromatic rings. The topological polar surface area (TPSA) is 125 Å². The Bertz CT molecular complexity index is 1540. The van der Waals surface area contributed by atoms with Crippen molar-refractivity contribution in [2.24, 2.45) is 5.92 Å². The highest BCUT2D eigenvalue weighted by atomic mass is 32.2. The predicted molar refractivity (Wildman–Crippen MR) is 168 cm³/mol. The van der Waals surface area contributed by atoms with E-state index in [0.717, 1.165) is 23.1 Å². The standard InChI is InChI=1S/C32H43N5O7S/c1-23(2)18-28-32(38)35(21-27-22-36(34-33-27)13-12-31-43-15-5-16-44-31)14-17-45(39,40)37(28)20-24-6-8-25(9-7-24)26-10-11-29(41-3)30(19-26)42-4/h6-11,19,22-23,28,31H,5,12-18,20-21H2,1-4H3. The minimum atomic E-state index is -3.73. The number of hydrogen-bond acceptors (Lipinski definition) is 9. The normalized spacial score (nSPS) is 19.5. The monoisotopic (exact) mass is 641 g/mol. The first-order valence-corrected chi connectivity index (χ1v) is 17.0. The van der Waals surface area contributed by atoms with Gasteiger partial charge in [-0.1, -0.05) is 49.4 Å². The van der Waals surface area contributed by atoms with Crippen LogP contribution in [0.3, 0.4) is 0 Å². The summed E-state index contributed by atoms with van der Waals surface area (Å²) in [5.74, 6) is 0.991. The molecule has 0 bridgehead atoms. The van der Waals surface area contributed by atoms with Gasteiger partial charge in [0.2, 0.25) is 15.9 Å². The molecule has 2 aromatic carbocycles. The van der Waals surface area contributed by atoms with Gasteiger partial charge < -0.3 is 23.8 Å². The van der Waals surface area contributed by atoms with Crippen LogP contribution in [0.4, 0.5) is 0 Å². The van der Waals surface area contributed by atoms with Gasteiger partial charge in [-0.3, -0.25) is 9.48 Å². The Morgan fingerprint density at radius 3 is 2.38 bits per heavy atom. The van der Waals surface area contributed by atoms with Crippen LogP contribution in [-0.4, -0.2) is 90.6 Å². The predicted octanol–water partition coefficient (Wildman–Crippen LogP) is 3.70. The summed E-state index contributed by atoms with van der Waals surface area (Å²) in [6, 6.07) is 12.6. The second-order valence-electron chi connectivity index (χ2n) is 11.8. The lowest BCUT2D eigenvalue weighted by molar-refractivity contribution is -0.182. The Balaban J connectivity index is 1.30. The molecule has 0 N–H and O–H groups in total. The highest BCUT2D eigenvalue weighted by Gasteiger charge is 2.41. The first-order chi connectivity index (χ1) is 21.7. The number of rotatable bonds is 12. The third kappa shape index (κ3) is 8.20. The first-order valence-electron chi connectivity index (χ1n) is 15.4. The van der Waals surface area contributed by atoms with E-state index >= 15 is 0 Å². The second kappa shape index (κ2) is 14.7. The number of sulfonamides is 1. The van der Waals surface area contributed by atoms with Crippen molar-refractivity contribution in [3.63, 3.8) is 0 Å². The molecule has 244 valence electrons. The van der Waals surface area contributed by atoms with Gasteiger partial charge in [0.25, 0.3) is 0 Å². The maximum absolute atomic E-state index is 14.0. The molecular weight excluding hydrogens is 598 g/mol. The molecule has 0 saturated carbocycles. The largest absolute Gasteiger partial charge is 0.493 e. The van der Waals surface area contributed by atoms with Crippen LogP contribution in [0.25, 0.3) is 11.1 Å². The van der Waals surface area contributed by atoms with Crippen molar-refractivity contribution in [1.82, 2.24) is 24.2 Å². The van der Waals surface area contributed by atoms with Gasteiger partial charge in [0.05, 0.1) is 45.9 Å². The van der Waals surface area contributed by atoms with Crippen LogP contribution in [0.15, 0.2) is 48.7 Å². The first kappa shape index (κ1) is 32.9. The van der Waals surface area contributed by atoms with Gasteiger partial charge in [0, 0.05) is 26.1 Å². The Morgan fingerprint density at radius 1 is 0.978 bits per heavy atom. The van der Waals surface area contributed by atoms with Crippen LogP contribution in [0.1, 0.15) is 44.4 Å². The van der Waals surface area contributed by atoms with Crippen molar-refractivity contribution < 1.29 is 32.2 Å². The number of aryl methyl sites for hydroxylation is 1. The summed E-state index contributed by atoms with van der Waals surface area (Å²) in [7, 11) is -0.548. The molecule has 1 unspecified atom stereocenters. The van der Waals surface area contributed by atoms with E-state index in [1.807, 2.05) is 56.3 Å². The number of aromatic nitrogens is 3. The molecule has 0 aliphatic carbocycles. The zero-order valence-corrected chi connectivity index (χ0v) is 27.2. The summed E-state index contributed by atoms with van der Waals surface area (Å²) in [5, 5.41) is 8.47. The SMILES string of the molecule is COc1ccc(-c2ccc(CN3C(CC(C)C)C(=O)N(Cc4cn(CCC5OCCCO5)nn4)CCS3(=O)=O)cc2)cc1OC. The Hall–Kier alpha value is -3.52. The van der Waals surface area contributed by atoms with Crippen molar-refractivity contribution in [2.45, 2.75) is 65.1 Å². The van der Waals surface area contributed by atoms with Crippen molar-refractivity contribution in [3.8, 4) is 22.6 Å². The second-order valence-corrected chi connectivity index (χ2v) is 13.9. The Kier molecular flexibility index (Phi) is 10.7. The number of amides is 1. The van der Waals surface area contributed by atoms with E-state index in [-0.39, 0.29) is 43.5 Å². The summed E-state index contributed by atoms with van der Waals surface area (Å²) in [5.41, 5.74) is 3.30. The number of carbonyl (C=O) groups excluding carboxylic acids is 1. The molecule has 2 fully saturated rings. The van der Waals surface area contributed by atoms with Crippen LogP contribution in [0, 0.1) is 5.92 Å². The highest BCUT2D eigenvalue weighted by Crippen LogP contribution is 2.33. The van der Waals surface area contributed by atoms with Crippen LogP contribution in [-0.2, 0) is 43.9 Å². The van der Waals surface area contributed by atoms with Crippen molar-refractivity contribution >= 4 is 15.9 Å². The average molecular weight is 642 g/mol. The van der Waals surface area contributed by atoms with E-state index in [1.165, 1.54) is 4.31 Å². The zero-order valence-electron chi connectivity index (χ0n) is 26.4. The molecule has 13 heteroatoms. The van der Waals surface area contributed by atoms with Crippen LogP contribution >= 0.6 is 0 Å². The fourth-order valence-corrected chi connectivity index (χ4v) is 7.26. The third-order valence-electron chi connectivity index (χ3n) is 8.05. The Morgan fingerprint density at radius 2 is 1.69 bits per heavy atom. The quantitative estimate of drug-likeness (QED) is 0.291. The van der Waals surface area contributed by atoms with Crippen molar-refractivity contribution in [1.29, 1.82) is 0 Å². The Labute approximate surface area is 265 Å². The van der Waals surface area contributed by atoms with E-state index in [2.05, 4.69) is 10.3 Å². The average Bonchev–Trinajstić information content (AvgIpc) is 3.48. The van der Waals surface area contributed by atoms with Gasteiger partial charge in [0.1, 0.15) is 11.7 Å². The summed E-state index contributed by atoms with van der Waals surface area (Å²) in [6.45, 7) is 6.31.